The first kappa shape index (κ1) is 12.1. The number of sulfone groups is 1. The lowest BCUT2D eigenvalue weighted by molar-refractivity contribution is 0.0682. The van der Waals surface area contributed by atoms with Crippen LogP contribution in [0.5, 0.6) is 0 Å². The smallest absolute Gasteiger partial charge is 0.153 e. The number of hydrogen-bond donors (Lipinski definition) is 1. The average molecular weight is 283 g/mol. The van der Waals surface area contributed by atoms with Gasteiger partial charge in [0.05, 0.1) is 32.3 Å². The summed E-state index contributed by atoms with van der Waals surface area (Å²) in [7, 11) is -3.08. The summed E-state index contributed by atoms with van der Waals surface area (Å²) in [6.07, 6.45) is 0.636. The third kappa shape index (κ3) is 2.28. The minimum Gasteiger partial charge on any atom is -0.388 e. The first-order valence-corrected chi connectivity index (χ1v) is 8.37. The van der Waals surface area contributed by atoms with E-state index in [2.05, 4.69) is 4.98 Å². The zero-order valence-electron chi connectivity index (χ0n) is 9.67. The summed E-state index contributed by atoms with van der Waals surface area (Å²) in [6, 6.07) is 7.76. The maximum absolute atomic E-state index is 11.4. The molecule has 3 rings (SSSR count). The van der Waals surface area contributed by atoms with Crippen LogP contribution in [0.3, 0.4) is 0 Å². The summed E-state index contributed by atoms with van der Waals surface area (Å²) in [5, 5.41) is 11.1. The number of hydrogen-bond acceptors (Lipinski definition) is 5. The largest absolute Gasteiger partial charge is 0.388 e. The predicted molar refractivity (Wildman–Crippen MR) is 71.5 cm³/mol. The second-order valence-electron chi connectivity index (χ2n) is 4.82. The number of nitrogens with zero attached hydrogens (tertiary/aromatic N) is 1. The number of fused-ring (bicyclic) bond motifs is 1. The Balaban J connectivity index is 1.88. The van der Waals surface area contributed by atoms with Crippen LogP contribution in [0.25, 0.3) is 10.2 Å². The molecular weight excluding hydrogens is 270 g/mol. The van der Waals surface area contributed by atoms with Gasteiger partial charge in [0.15, 0.2) is 9.84 Å². The molecule has 0 radical (unpaired) electrons. The van der Waals surface area contributed by atoms with Crippen molar-refractivity contribution in [2.45, 2.75) is 18.4 Å². The summed E-state index contributed by atoms with van der Waals surface area (Å²) < 4.78 is 23.9. The third-order valence-electron chi connectivity index (χ3n) is 3.19. The van der Waals surface area contributed by atoms with Crippen molar-refractivity contribution in [3.8, 4) is 0 Å². The fraction of sp³-hybridized carbons (Fsp3) is 0.417. The molecule has 1 aromatic heterocycles. The van der Waals surface area contributed by atoms with Gasteiger partial charge in [-0.2, -0.15) is 0 Å². The number of thiazole rings is 1. The van der Waals surface area contributed by atoms with Gasteiger partial charge in [-0.15, -0.1) is 11.3 Å². The molecule has 1 atom stereocenters. The fourth-order valence-electron chi connectivity index (χ4n) is 2.32. The molecule has 1 N–H and O–H groups in total. The molecule has 2 heterocycles. The van der Waals surface area contributed by atoms with Gasteiger partial charge in [-0.25, -0.2) is 13.4 Å². The van der Waals surface area contributed by atoms with Crippen molar-refractivity contribution in [1.29, 1.82) is 0 Å². The lowest BCUT2D eigenvalue weighted by Crippen LogP contribution is -2.32. The van der Waals surface area contributed by atoms with Crippen molar-refractivity contribution in [1.82, 2.24) is 4.98 Å². The van der Waals surface area contributed by atoms with E-state index in [4.69, 9.17) is 0 Å². The molecule has 0 aliphatic carbocycles. The Labute approximate surface area is 109 Å². The molecule has 1 aliphatic rings. The van der Waals surface area contributed by atoms with Crippen LogP contribution in [0.1, 0.15) is 11.4 Å². The molecular formula is C12H13NO3S2. The zero-order chi connectivity index (χ0) is 12.8. The monoisotopic (exact) mass is 283 g/mol. The van der Waals surface area contributed by atoms with Crippen molar-refractivity contribution in [3.05, 3.63) is 29.3 Å². The van der Waals surface area contributed by atoms with Crippen LogP contribution in [-0.4, -0.2) is 35.6 Å². The molecule has 1 aliphatic heterocycles. The van der Waals surface area contributed by atoms with E-state index in [0.717, 1.165) is 15.2 Å². The van der Waals surface area contributed by atoms with E-state index in [9.17, 15) is 13.5 Å². The van der Waals surface area contributed by atoms with Gasteiger partial charge in [-0.1, -0.05) is 12.1 Å². The molecule has 0 amide bonds. The van der Waals surface area contributed by atoms with Gasteiger partial charge in [0.1, 0.15) is 0 Å². The van der Waals surface area contributed by atoms with E-state index in [1.807, 2.05) is 24.3 Å². The molecule has 6 heteroatoms. The van der Waals surface area contributed by atoms with E-state index in [-0.39, 0.29) is 11.5 Å². The molecule has 0 bridgehead atoms. The second-order valence-corrected chi connectivity index (χ2v) is 8.12. The normalized spacial score (nSPS) is 26.7. The summed E-state index contributed by atoms with van der Waals surface area (Å²) >= 11 is 1.52. The lowest BCUT2D eigenvalue weighted by atomic mass is 10.00. The molecule has 4 nitrogen and oxygen atoms in total. The zero-order valence-corrected chi connectivity index (χ0v) is 11.3. The number of aliphatic hydroxyl groups is 1. The Morgan fingerprint density at radius 2 is 2.17 bits per heavy atom. The lowest BCUT2D eigenvalue weighted by Gasteiger charge is -2.18. The molecule has 1 unspecified atom stereocenters. The van der Waals surface area contributed by atoms with E-state index in [0.29, 0.717) is 12.8 Å². The van der Waals surface area contributed by atoms with Gasteiger partial charge in [0, 0.05) is 6.42 Å². The molecule has 96 valence electrons. The maximum atomic E-state index is 11.4. The fourth-order valence-corrected chi connectivity index (χ4v) is 5.32. The molecule has 1 saturated heterocycles. The van der Waals surface area contributed by atoms with Crippen molar-refractivity contribution in [2.75, 3.05) is 11.5 Å². The van der Waals surface area contributed by atoms with Crippen LogP contribution in [0.4, 0.5) is 0 Å². The van der Waals surface area contributed by atoms with Gasteiger partial charge in [0.2, 0.25) is 0 Å². The van der Waals surface area contributed by atoms with Crippen LogP contribution in [0.2, 0.25) is 0 Å². The highest BCUT2D eigenvalue weighted by Gasteiger charge is 2.41. The molecule has 0 saturated carbocycles. The molecule has 1 fully saturated rings. The van der Waals surface area contributed by atoms with Gasteiger partial charge in [-0.3, -0.25) is 0 Å². The Hall–Kier alpha value is -0.980. The van der Waals surface area contributed by atoms with Crippen molar-refractivity contribution < 1.29 is 13.5 Å². The Bertz CT molecular complexity index is 659. The van der Waals surface area contributed by atoms with Gasteiger partial charge in [-0.05, 0) is 18.6 Å². The summed E-state index contributed by atoms with van der Waals surface area (Å²) in [6.45, 7) is 0. The minimum absolute atomic E-state index is 0.0778. The first-order valence-electron chi connectivity index (χ1n) is 5.73. The Morgan fingerprint density at radius 1 is 1.39 bits per heavy atom. The van der Waals surface area contributed by atoms with Crippen LogP contribution in [0.15, 0.2) is 24.3 Å². The summed E-state index contributed by atoms with van der Waals surface area (Å²) in [5.74, 6) is -0.0652. The molecule has 0 spiro atoms. The average Bonchev–Trinajstić information content (AvgIpc) is 2.78. The van der Waals surface area contributed by atoms with Gasteiger partial charge >= 0.3 is 0 Å². The van der Waals surface area contributed by atoms with E-state index >= 15 is 0 Å². The highest BCUT2D eigenvalue weighted by atomic mass is 32.2. The quantitative estimate of drug-likeness (QED) is 0.904. The van der Waals surface area contributed by atoms with Crippen molar-refractivity contribution in [2.24, 2.45) is 0 Å². The SMILES string of the molecule is O=S1(=O)CCC(O)(Cc2nc3ccccc3s2)C1. The number of aromatic nitrogens is 1. The highest BCUT2D eigenvalue weighted by Crippen LogP contribution is 2.30. The summed E-state index contributed by atoms with van der Waals surface area (Å²) in [4.78, 5) is 4.43. The molecule has 1 aromatic carbocycles. The van der Waals surface area contributed by atoms with Gasteiger partial charge in [0.25, 0.3) is 0 Å². The van der Waals surface area contributed by atoms with E-state index in [1.165, 1.54) is 11.3 Å². The molecule has 2 aromatic rings. The first-order chi connectivity index (χ1) is 8.46. The van der Waals surface area contributed by atoms with Gasteiger partial charge < -0.3 is 5.11 Å². The number of para-hydroxylation sites is 1. The maximum Gasteiger partial charge on any atom is 0.153 e. The van der Waals surface area contributed by atoms with Crippen molar-refractivity contribution in [3.63, 3.8) is 0 Å². The molecule has 18 heavy (non-hydrogen) atoms. The number of rotatable bonds is 2. The number of benzene rings is 1. The Morgan fingerprint density at radius 3 is 2.83 bits per heavy atom. The van der Waals surface area contributed by atoms with Crippen LogP contribution < -0.4 is 0 Å². The van der Waals surface area contributed by atoms with Crippen LogP contribution >= 0.6 is 11.3 Å². The van der Waals surface area contributed by atoms with E-state index in [1.54, 1.807) is 0 Å². The summed E-state index contributed by atoms with van der Waals surface area (Å²) in [5.41, 5.74) is -0.228. The standard InChI is InChI=1S/C12H13NO3S2/c14-12(5-6-18(15,16)8-12)7-11-13-9-3-1-2-4-10(9)17-11/h1-4,14H,5-8H2. The predicted octanol–water partition coefficient (Wildman–Crippen LogP) is 1.39. The highest BCUT2D eigenvalue weighted by molar-refractivity contribution is 7.91. The van der Waals surface area contributed by atoms with E-state index < -0.39 is 15.4 Å². The van der Waals surface area contributed by atoms with Crippen LogP contribution in [0, 0.1) is 0 Å². The second kappa shape index (κ2) is 4.01. The van der Waals surface area contributed by atoms with Crippen molar-refractivity contribution >= 4 is 31.4 Å². The minimum atomic E-state index is -3.08. The third-order valence-corrected chi connectivity index (χ3v) is 6.03. The van der Waals surface area contributed by atoms with Crippen LogP contribution in [-0.2, 0) is 16.3 Å². The Kier molecular flexibility index (Phi) is 2.69. The topological polar surface area (TPSA) is 67.3 Å².